The molecule has 0 saturated heterocycles. The van der Waals surface area contributed by atoms with Crippen molar-refractivity contribution in [2.24, 2.45) is 5.10 Å². The van der Waals surface area contributed by atoms with Gasteiger partial charge >= 0.3 is 0 Å². The van der Waals surface area contributed by atoms with Gasteiger partial charge < -0.3 is 4.74 Å². The molecule has 1 N–H and O–H groups in total. The number of methoxy groups -OCH3 is 1. The van der Waals surface area contributed by atoms with Crippen LogP contribution in [0.3, 0.4) is 0 Å². The van der Waals surface area contributed by atoms with Gasteiger partial charge in [-0.1, -0.05) is 34.1 Å². The van der Waals surface area contributed by atoms with Gasteiger partial charge in [-0.2, -0.15) is 5.10 Å². The number of nitrogens with zero attached hydrogens (tertiary/aromatic N) is 1. The van der Waals surface area contributed by atoms with E-state index >= 15 is 0 Å². The topological polar surface area (TPSA) is 33.6 Å². The Hall–Kier alpha value is -1.88. The van der Waals surface area contributed by atoms with Crippen LogP contribution in [-0.2, 0) is 0 Å². The zero-order valence-corrected chi connectivity index (χ0v) is 11.8. The largest absolute Gasteiger partial charge is 0.493 e. The van der Waals surface area contributed by atoms with Crippen molar-refractivity contribution in [3.8, 4) is 5.75 Å². The number of hydrogen-bond donors (Lipinski definition) is 1. The highest BCUT2D eigenvalue weighted by Gasteiger charge is 2.09. The van der Waals surface area contributed by atoms with Gasteiger partial charge in [0.1, 0.15) is 0 Å². The predicted octanol–water partition coefficient (Wildman–Crippen LogP) is 4.04. The molecule has 0 aliphatic heterocycles. The lowest BCUT2D eigenvalue weighted by Gasteiger charge is -2.06. The molecular formula is C14H12BrFN2O. The number of benzene rings is 2. The monoisotopic (exact) mass is 322 g/mol. The van der Waals surface area contributed by atoms with Crippen LogP contribution in [0.25, 0.3) is 0 Å². The standard InChI is InChI=1S/C14H12BrFN2O/c1-19-14-10(7-11(15)8-13(14)16)9-17-18-12-5-3-2-4-6-12/h2-9,18H,1H3. The average Bonchev–Trinajstić information content (AvgIpc) is 2.39. The normalized spacial score (nSPS) is 10.7. The molecule has 0 amide bonds. The third kappa shape index (κ3) is 3.54. The fraction of sp³-hybridized carbons (Fsp3) is 0.0714. The summed E-state index contributed by atoms with van der Waals surface area (Å²) in [5.41, 5.74) is 4.27. The van der Waals surface area contributed by atoms with E-state index in [-0.39, 0.29) is 5.75 Å². The molecule has 2 aromatic carbocycles. The summed E-state index contributed by atoms with van der Waals surface area (Å²) in [6.45, 7) is 0. The Morgan fingerprint density at radius 2 is 2.00 bits per heavy atom. The summed E-state index contributed by atoms with van der Waals surface area (Å²) >= 11 is 3.24. The van der Waals surface area contributed by atoms with Crippen LogP contribution in [-0.4, -0.2) is 13.3 Å². The first kappa shape index (κ1) is 13.5. The van der Waals surface area contributed by atoms with Gasteiger partial charge in [0.05, 0.1) is 19.0 Å². The third-order valence-electron chi connectivity index (χ3n) is 2.41. The Balaban J connectivity index is 2.19. The molecule has 98 valence electrons. The molecule has 0 aliphatic carbocycles. The van der Waals surface area contributed by atoms with Crippen LogP contribution in [0.15, 0.2) is 52.0 Å². The number of para-hydroxylation sites is 1. The highest BCUT2D eigenvalue weighted by Crippen LogP contribution is 2.25. The van der Waals surface area contributed by atoms with Gasteiger partial charge in [0, 0.05) is 10.0 Å². The molecule has 0 spiro atoms. The Kier molecular flexibility index (Phi) is 4.52. The van der Waals surface area contributed by atoms with E-state index in [4.69, 9.17) is 4.74 Å². The molecular weight excluding hydrogens is 311 g/mol. The first-order valence-corrected chi connectivity index (χ1v) is 6.37. The van der Waals surface area contributed by atoms with Gasteiger partial charge in [-0.25, -0.2) is 4.39 Å². The van der Waals surface area contributed by atoms with E-state index < -0.39 is 5.82 Å². The number of hydrazone groups is 1. The Morgan fingerprint density at radius 3 is 2.68 bits per heavy atom. The van der Waals surface area contributed by atoms with Crippen molar-refractivity contribution in [1.82, 2.24) is 0 Å². The Morgan fingerprint density at radius 1 is 1.26 bits per heavy atom. The summed E-state index contributed by atoms with van der Waals surface area (Å²) < 4.78 is 19.3. The minimum absolute atomic E-state index is 0.168. The molecule has 19 heavy (non-hydrogen) atoms. The number of halogens is 2. The van der Waals surface area contributed by atoms with Gasteiger partial charge in [0.25, 0.3) is 0 Å². The molecule has 0 saturated carbocycles. The van der Waals surface area contributed by atoms with E-state index in [2.05, 4.69) is 26.5 Å². The molecule has 0 heterocycles. The second-order valence-electron chi connectivity index (χ2n) is 3.75. The molecule has 0 unspecified atom stereocenters. The zero-order chi connectivity index (χ0) is 13.7. The van der Waals surface area contributed by atoms with Gasteiger partial charge in [-0.15, -0.1) is 0 Å². The molecule has 2 aromatic rings. The minimum Gasteiger partial charge on any atom is -0.493 e. The first-order chi connectivity index (χ1) is 9.20. The number of hydrogen-bond acceptors (Lipinski definition) is 3. The first-order valence-electron chi connectivity index (χ1n) is 5.58. The van der Waals surface area contributed by atoms with E-state index in [0.717, 1.165) is 5.69 Å². The van der Waals surface area contributed by atoms with Crippen LogP contribution in [0.4, 0.5) is 10.1 Å². The lowest BCUT2D eigenvalue weighted by Crippen LogP contribution is -1.97. The molecule has 2 rings (SSSR count). The second-order valence-corrected chi connectivity index (χ2v) is 4.66. The highest BCUT2D eigenvalue weighted by molar-refractivity contribution is 9.10. The van der Waals surface area contributed by atoms with Crippen LogP contribution in [0, 0.1) is 5.82 Å². The number of rotatable bonds is 4. The van der Waals surface area contributed by atoms with Crippen LogP contribution in [0.2, 0.25) is 0 Å². The van der Waals surface area contributed by atoms with Crippen molar-refractivity contribution in [3.63, 3.8) is 0 Å². The van der Waals surface area contributed by atoms with Crippen molar-refractivity contribution in [2.75, 3.05) is 12.5 Å². The second kappa shape index (κ2) is 6.33. The maximum absolute atomic E-state index is 13.6. The molecule has 5 heteroatoms. The van der Waals surface area contributed by atoms with E-state index in [1.54, 1.807) is 6.07 Å². The smallest absolute Gasteiger partial charge is 0.166 e. The highest BCUT2D eigenvalue weighted by atomic mass is 79.9. The number of anilines is 1. The maximum atomic E-state index is 13.6. The summed E-state index contributed by atoms with van der Waals surface area (Å²) in [5.74, 6) is -0.264. The summed E-state index contributed by atoms with van der Waals surface area (Å²) in [6, 6.07) is 12.6. The van der Waals surface area contributed by atoms with Crippen LogP contribution in [0.5, 0.6) is 5.75 Å². The van der Waals surface area contributed by atoms with Crippen molar-refractivity contribution in [1.29, 1.82) is 0 Å². The van der Waals surface area contributed by atoms with E-state index in [1.165, 1.54) is 19.4 Å². The van der Waals surface area contributed by atoms with Crippen LogP contribution >= 0.6 is 15.9 Å². The summed E-state index contributed by atoms with van der Waals surface area (Å²) in [4.78, 5) is 0. The molecule has 0 aromatic heterocycles. The van der Waals surface area contributed by atoms with Crippen molar-refractivity contribution >= 4 is 27.8 Å². The van der Waals surface area contributed by atoms with Gasteiger partial charge in [-0.3, -0.25) is 5.43 Å². The lowest BCUT2D eigenvalue weighted by atomic mass is 10.2. The molecule has 0 atom stereocenters. The summed E-state index contributed by atoms with van der Waals surface area (Å²) in [7, 11) is 1.42. The average molecular weight is 323 g/mol. The van der Waals surface area contributed by atoms with Crippen molar-refractivity contribution in [2.45, 2.75) is 0 Å². The van der Waals surface area contributed by atoms with Gasteiger partial charge in [0.2, 0.25) is 0 Å². The lowest BCUT2D eigenvalue weighted by molar-refractivity contribution is 0.385. The molecule has 0 fully saturated rings. The Bertz CT molecular complexity index is 587. The van der Waals surface area contributed by atoms with Crippen LogP contribution in [0.1, 0.15) is 5.56 Å². The SMILES string of the molecule is COc1c(F)cc(Br)cc1C=NNc1ccccc1. The predicted molar refractivity (Wildman–Crippen MR) is 78.3 cm³/mol. The zero-order valence-electron chi connectivity index (χ0n) is 10.2. The minimum atomic E-state index is -0.432. The van der Waals surface area contributed by atoms with Crippen molar-refractivity contribution < 1.29 is 9.13 Å². The van der Waals surface area contributed by atoms with Crippen molar-refractivity contribution in [3.05, 3.63) is 58.3 Å². The number of ether oxygens (including phenoxy) is 1. The summed E-state index contributed by atoms with van der Waals surface area (Å²) in [5, 5.41) is 4.06. The summed E-state index contributed by atoms with van der Waals surface area (Å²) in [6.07, 6.45) is 1.51. The number of nitrogens with one attached hydrogen (secondary N) is 1. The molecule has 0 radical (unpaired) electrons. The molecule has 3 nitrogen and oxygen atoms in total. The van der Waals surface area contributed by atoms with E-state index in [9.17, 15) is 4.39 Å². The third-order valence-corrected chi connectivity index (χ3v) is 2.87. The van der Waals surface area contributed by atoms with Gasteiger partial charge in [-0.05, 0) is 24.3 Å². The fourth-order valence-electron chi connectivity index (χ4n) is 1.58. The maximum Gasteiger partial charge on any atom is 0.166 e. The Labute approximate surface area is 119 Å². The van der Waals surface area contributed by atoms with Crippen LogP contribution < -0.4 is 10.2 Å². The molecule has 0 aliphatic rings. The van der Waals surface area contributed by atoms with Gasteiger partial charge in [0.15, 0.2) is 11.6 Å². The van der Waals surface area contributed by atoms with E-state index in [1.807, 2.05) is 30.3 Å². The molecule has 0 bridgehead atoms. The fourth-order valence-corrected chi connectivity index (χ4v) is 2.03. The van der Waals surface area contributed by atoms with E-state index in [0.29, 0.717) is 10.0 Å². The quantitative estimate of drug-likeness (QED) is 0.680.